The molecule has 3 heterocycles. The average molecular weight is 362 g/mol. The Hall–Kier alpha value is -1.83. The summed E-state index contributed by atoms with van der Waals surface area (Å²) in [6.45, 7) is 4.89. The van der Waals surface area contributed by atoms with Gasteiger partial charge in [-0.1, -0.05) is 6.07 Å². The van der Waals surface area contributed by atoms with Crippen molar-refractivity contribution in [3.63, 3.8) is 0 Å². The normalized spacial score (nSPS) is 17.0. The summed E-state index contributed by atoms with van der Waals surface area (Å²) in [6, 6.07) is 8.12. The molecule has 0 aliphatic carbocycles. The average Bonchev–Trinajstić information content (AvgIpc) is 3.29. The highest BCUT2D eigenvalue weighted by Crippen LogP contribution is 2.18. The highest BCUT2D eigenvalue weighted by molar-refractivity contribution is 7.09. The molecular formula is C18H26N4O2S. The molecule has 1 fully saturated rings. The van der Waals surface area contributed by atoms with Crippen molar-refractivity contribution in [2.75, 3.05) is 46.8 Å². The van der Waals surface area contributed by atoms with Crippen molar-refractivity contribution in [3.8, 4) is 0 Å². The van der Waals surface area contributed by atoms with Crippen LogP contribution in [0.1, 0.15) is 16.7 Å². The van der Waals surface area contributed by atoms with E-state index in [9.17, 15) is 4.79 Å². The van der Waals surface area contributed by atoms with Gasteiger partial charge in [0, 0.05) is 44.1 Å². The van der Waals surface area contributed by atoms with Gasteiger partial charge in [0.25, 0.3) is 0 Å². The maximum Gasteiger partial charge on any atom is 0.317 e. The van der Waals surface area contributed by atoms with Gasteiger partial charge in [-0.15, -0.1) is 11.3 Å². The SMILES string of the molecule is CN(C)C(CNC(=O)N1CCN(Cc2cccs2)CC1)c1ccco1. The van der Waals surface area contributed by atoms with Gasteiger partial charge in [-0.25, -0.2) is 4.79 Å². The number of carbonyl (C=O) groups is 1. The van der Waals surface area contributed by atoms with E-state index in [1.165, 1.54) is 4.88 Å². The molecule has 1 saturated heterocycles. The first kappa shape index (κ1) is 18.0. The zero-order chi connectivity index (χ0) is 17.6. The smallest absolute Gasteiger partial charge is 0.317 e. The first-order valence-electron chi connectivity index (χ1n) is 8.61. The molecule has 136 valence electrons. The van der Waals surface area contributed by atoms with Gasteiger partial charge in [-0.05, 0) is 37.7 Å². The number of likely N-dealkylation sites (N-methyl/N-ethyl adjacent to an activating group) is 1. The fourth-order valence-electron chi connectivity index (χ4n) is 3.05. The Labute approximate surface area is 153 Å². The van der Waals surface area contributed by atoms with E-state index in [1.807, 2.05) is 31.1 Å². The standard InChI is InChI=1S/C18H26N4O2S/c1-20(2)16(17-6-3-11-24-17)13-19-18(23)22-9-7-21(8-10-22)14-15-5-4-12-25-15/h3-6,11-12,16H,7-10,13-14H2,1-2H3,(H,19,23). The van der Waals surface area contributed by atoms with Crippen molar-refractivity contribution in [2.24, 2.45) is 0 Å². The van der Waals surface area contributed by atoms with Crippen LogP contribution in [0.3, 0.4) is 0 Å². The van der Waals surface area contributed by atoms with Crippen molar-refractivity contribution in [1.29, 1.82) is 0 Å². The summed E-state index contributed by atoms with van der Waals surface area (Å²) in [6.07, 6.45) is 1.67. The second kappa shape index (κ2) is 8.51. The van der Waals surface area contributed by atoms with E-state index in [0.717, 1.165) is 38.5 Å². The maximum absolute atomic E-state index is 12.5. The molecule has 7 heteroatoms. The fourth-order valence-corrected chi connectivity index (χ4v) is 3.79. The Morgan fingerprint density at radius 1 is 1.28 bits per heavy atom. The fraction of sp³-hybridized carbons (Fsp3) is 0.500. The molecule has 1 aliphatic rings. The molecule has 1 atom stereocenters. The number of nitrogens with zero attached hydrogens (tertiary/aromatic N) is 3. The van der Waals surface area contributed by atoms with Gasteiger partial charge < -0.3 is 14.6 Å². The number of piperazine rings is 1. The summed E-state index contributed by atoms with van der Waals surface area (Å²) in [7, 11) is 3.98. The van der Waals surface area contributed by atoms with Crippen LogP contribution in [-0.2, 0) is 6.54 Å². The highest BCUT2D eigenvalue weighted by atomic mass is 32.1. The number of furan rings is 1. The number of hydrogen-bond donors (Lipinski definition) is 1. The molecule has 1 N–H and O–H groups in total. The third-order valence-electron chi connectivity index (χ3n) is 4.56. The minimum Gasteiger partial charge on any atom is -0.468 e. The Morgan fingerprint density at radius 3 is 2.68 bits per heavy atom. The van der Waals surface area contributed by atoms with Gasteiger partial charge in [0.1, 0.15) is 5.76 Å². The molecule has 25 heavy (non-hydrogen) atoms. The van der Waals surface area contributed by atoms with Crippen LogP contribution in [0.5, 0.6) is 0 Å². The third-order valence-corrected chi connectivity index (χ3v) is 5.42. The molecule has 0 radical (unpaired) electrons. The van der Waals surface area contributed by atoms with Crippen LogP contribution in [0.15, 0.2) is 40.3 Å². The van der Waals surface area contributed by atoms with Gasteiger partial charge in [-0.3, -0.25) is 9.80 Å². The van der Waals surface area contributed by atoms with Crippen molar-refractivity contribution in [2.45, 2.75) is 12.6 Å². The molecule has 0 spiro atoms. The summed E-state index contributed by atoms with van der Waals surface area (Å²) in [5, 5.41) is 5.16. The van der Waals surface area contributed by atoms with Crippen LogP contribution in [-0.4, -0.2) is 67.5 Å². The minimum atomic E-state index is 0.00850. The first-order chi connectivity index (χ1) is 12.1. The van der Waals surface area contributed by atoms with E-state index in [-0.39, 0.29) is 12.1 Å². The third kappa shape index (κ3) is 4.84. The summed E-state index contributed by atoms with van der Waals surface area (Å²) >= 11 is 1.79. The monoisotopic (exact) mass is 362 g/mol. The molecule has 6 nitrogen and oxygen atoms in total. The van der Waals surface area contributed by atoms with Gasteiger partial charge in [0.2, 0.25) is 0 Å². The van der Waals surface area contributed by atoms with E-state index in [4.69, 9.17) is 4.42 Å². The number of hydrogen-bond acceptors (Lipinski definition) is 5. The van der Waals surface area contributed by atoms with Gasteiger partial charge in [0.15, 0.2) is 0 Å². The van der Waals surface area contributed by atoms with E-state index >= 15 is 0 Å². The Balaban J connectivity index is 1.44. The number of carbonyl (C=O) groups excluding carboxylic acids is 1. The van der Waals surface area contributed by atoms with E-state index in [1.54, 1.807) is 17.6 Å². The Bertz CT molecular complexity index is 634. The second-order valence-corrected chi connectivity index (χ2v) is 7.56. The zero-order valence-corrected chi connectivity index (χ0v) is 15.7. The molecule has 0 aromatic carbocycles. The van der Waals surface area contributed by atoms with Crippen molar-refractivity contribution >= 4 is 17.4 Å². The number of amides is 2. The Kier molecular flexibility index (Phi) is 6.12. The lowest BCUT2D eigenvalue weighted by Crippen LogP contribution is -2.52. The number of nitrogens with one attached hydrogen (secondary N) is 1. The summed E-state index contributed by atoms with van der Waals surface area (Å²) in [4.78, 5) is 20.2. The lowest BCUT2D eigenvalue weighted by Gasteiger charge is -2.35. The first-order valence-corrected chi connectivity index (χ1v) is 9.49. The second-order valence-electron chi connectivity index (χ2n) is 6.52. The van der Waals surface area contributed by atoms with Crippen LogP contribution >= 0.6 is 11.3 Å². The van der Waals surface area contributed by atoms with E-state index < -0.39 is 0 Å². The quantitative estimate of drug-likeness (QED) is 0.858. The summed E-state index contributed by atoms with van der Waals surface area (Å²) < 4.78 is 5.49. The molecule has 1 unspecified atom stereocenters. The number of thiophene rings is 1. The molecule has 0 bridgehead atoms. The van der Waals surface area contributed by atoms with Gasteiger partial charge >= 0.3 is 6.03 Å². The molecule has 2 amide bonds. The maximum atomic E-state index is 12.5. The predicted molar refractivity (Wildman–Crippen MR) is 99.7 cm³/mol. The van der Waals surface area contributed by atoms with Crippen LogP contribution in [0.4, 0.5) is 4.79 Å². The van der Waals surface area contributed by atoms with E-state index in [0.29, 0.717) is 6.54 Å². The van der Waals surface area contributed by atoms with Crippen molar-refractivity contribution in [3.05, 3.63) is 46.5 Å². The lowest BCUT2D eigenvalue weighted by atomic mass is 10.2. The largest absolute Gasteiger partial charge is 0.468 e. The minimum absolute atomic E-state index is 0.00850. The highest BCUT2D eigenvalue weighted by Gasteiger charge is 2.23. The molecule has 1 aliphatic heterocycles. The summed E-state index contributed by atoms with van der Waals surface area (Å²) in [5.41, 5.74) is 0. The molecular weight excluding hydrogens is 336 g/mol. The van der Waals surface area contributed by atoms with Crippen LogP contribution in [0.2, 0.25) is 0 Å². The zero-order valence-electron chi connectivity index (χ0n) is 14.9. The molecule has 2 aromatic rings. The topological polar surface area (TPSA) is 52.0 Å². The summed E-state index contributed by atoms with van der Waals surface area (Å²) in [5.74, 6) is 0.867. The lowest BCUT2D eigenvalue weighted by molar-refractivity contribution is 0.133. The van der Waals surface area contributed by atoms with Gasteiger partial charge in [0.05, 0.1) is 12.3 Å². The van der Waals surface area contributed by atoms with Crippen molar-refractivity contribution in [1.82, 2.24) is 20.0 Å². The van der Waals surface area contributed by atoms with Crippen LogP contribution < -0.4 is 5.32 Å². The predicted octanol–water partition coefficient (Wildman–Crippen LogP) is 2.47. The molecule has 3 rings (SSSR count). The van der Waals surface area contributed by atoms with Crippen LogP contribution in [0.25, 0.3) is 0 Å². The molecule has 2 aromatic heterocycles. The van der Waals surface area contributed by atoms with Gasteiger partial charge in [-0.2, -0.15) is 0 Å². The van der Waals surface area contributed by atoms with E-state index in [2.05, 4.69) is 32.6 Å². The number of rotatable bonds is 6. The van der Waals surface area contributed by atoms with Crippen molar-refractivity contribution < 1.29 is 9.21 Å². The number of urea groups is 1. The van der Waals surface area contributed by atoms with Crippen LogP contribution in [0, 0.1) is 0 Å². The molecule has 0 saturated carbocycles. The Morgan fingerprint density at radius 2 is 2.08 bits per heavy atom.